The second-order valence-corrected chi connectivity index (χ2v) is 10.4. The number of carbonyl (C=O) groups is 1. The van der Waals surface area contributed by atoms with Crippen molar-refractivity contribution < 1.29 is 13.2 Å². The molecule has 1 heterocycles. The van der Waals surface area contributed by atoms with Crippen molar-refractivity contribution in [3.8, 4) is 0 Å². The van der Waals surface area contributed by atoms with Crippen molar-refractivity contribution in [2.24, 2.45) is 0 Å². The number of thiazole rings is 1. The van der Waals surface area contributed by atoms with E-state index in [1.54, 1.807) is 31.2 Å². The van der Waals surface area contributed by atoms with E-state index in [-0.39, 0.29) is 28.6 Å². The van der Waals surface area contributed by atoms with Crippen molar-refractivity contribution in [1.29, 1.82) is 0 Å². The van der Waals surface area contributed by atoms with Gasteiger partial charge in [0.1, 0.15) is 5.52 Å². The Morgan fingerprint density at radius 3 is 2.43 bits per heavy atom. The van der Waals surface area contributed by atoms with Crippen molar-refractivity contribution in [2.45, 2.75) is 11.8 Å². The van der Waals surface area contributed by atoms with Crippen LogP contribution in [0.15, 0.2) is 47.4 Å². The maximum absolute atomic E-state index is 13.5. The lowest BCUT2D eigenvalue weighted by Crippen LogP contribution is -2.37. The first kappa shape index (κ1) is 24.6. The number of halogens is 2. The molecule has 0 unspecified atom stereocenters. The van der Waals surface area contributed by atoms with Crippen LogP contribution < -0.4 is 4.90 Å². The van der Waals surface area contributed by atoms with Crippen molar-refractivity contribution in [3.63, 3.8) is 0 Å². The van der Waals surface area contributed by atoms with E-state index in [4.69, 9.17) is 11.6 Å². The number of likely N-dealkylation sites (N-methyl/N-ethyl adjacent to an activating group) is 1. The minimum Gasteiger partial charge on any atom is -0.308 e. The van der Waals surface area contributed by atoms with E-state index in [1.165, 1.54) is 22.3 Å². The van der Waals surface area contributed by atoms with Crippen LogP contribution in [-0.2, 0) is 9.84 Å². The molecule has 0 saturated heterocycles. The Morgan fingerprint density at radius 2 is 1.80 bits per heavy atom. The third-order valence-corrected chi connectivity index (χ3v) is 7.57. The maximum Gasteiger partial charge on any atom is 0.261 e. The molecule has 0 aliphatic rings. The zero-order chi connectivity index (χ0) is 21.2. The summed E-state index contributed by atoms with van der Waals surface area (Å²) in [5.74, 6) is -0.471. The van der Waals surface area contributed by atoms with Crippen molar-refractivity contribution in [2.75, 3.05) is 37.8 Å². The Bertz CT molecular complexity index is 1150. The number of hydrogen-bond acceptors (Lipinski definition) is 6. The van der Waals surface area contributed by atoms with Crippen LogP contribution in [0.1, 0.15) is 17.3 Å². The molecular formula is C20H23Cl2N3O3S2. The van der Waals surface area contributed by atoms with Gasteiger partial charge in [0.2, 0.25) is 0 Å². The fourth-order valence-electron chi connectivity index (χ4n) is 2.82. The molecule has 30 heavy (non-hydrogen) atoms. The van der Waals surface area contributed by atoms with Crippen LogP contribution >= 0.6 is 35.3 Å². The summed E-state index contributed by atoms with van der Waals surface area (Å²) in [5, 5.41) is 1.00. The van der Waals surface area contributed by atoms with Crippen LogP contribution in [0.5, 0.6) is 0 Å². The molecule has 10 heteroatoms. The molecule has 3 rings (SSSR count). The molecule has 0 fully saturated rings. The number of carbonyl (C=O) groups excluding carboxylic acids is 1. The summed E-state index contributed by atoms with van der Waals surface area (Å²) >= 11 is 7.61. The molecule has 0 atom stereocenters. The maximum atomic E-state index is 13.5. The zero-order valence-corrected chi connectivity index (χ0v) is 20.0. The Kier molecular flexibility index (Phi) is 8.24. The van der Waals surface area contributed by atoms with E-state index >= 15 is 0 Å². The highest BCUT2D eigenvalue weighted by molar-refractivity contribution is 7.91. The number of benzene rings is 2. The first-order chi connectivity index (χ1) is 13.7. The Hall–Kier alpha value is -1.71. The summed E-state index contributed by atoms with van der Waals surface area (Å²) in [5.41, 5.74) is 0.782. The molecule has 0 aliphatic heterocycles. The number of para-hydroxylation sites is 1. The summed E-state index contributed by atoms with van der Waals surface area (Å²) < 4.78 is 25.9. The van der Waals surface area contributed by atoms with Gasteiger partial charge in [-0.1, -0.05) is 48.1 Å². The molecule has 0 aliphatic carbocycles. The van der Waals surface area contributed by atoms with Crippen LogP contribution in [0.25, 0.3) is 10.2 Å². The van der Waals surface area contributed by atoms with E-state index in [0.717, 1.165) is 4.70 Å². The molecule has 0 saturated carbocycles. The monoisotopic (exact) mass is 487 g/mol. The first-order valence-electron chi connectivity index (χ1n) is 9.08. The predicted molar refractivity (Wildman–Crippen MR) is 126 cm³/mol. The summed E-state index contributed by atoms with van der Waals surface area (Å²) in [6.45, 7) is 2.53. The molecule has 6 nitrogen and oxygen atoms in total. The largest absolute Gasteiger partial charge is 0.308 e. The number of amides is 1. The topological polar surface area (TPSA) is 70.6 Å². The van der Waals surface area contributed by atoms with E-state index < -0.39 is 15.7 Å². The first-order valence-corrected chi connectivity index (χ1v) is 11.9. The van der Waals surface area contributed by atoms with Crippen LogP contribution in [0, 0.1) is 0 Å². The molecule has 1 aromatic heterocycles. The van der Waals surface area contributed by atoms with Gasteiger partial charge in [0.05, 0.1) is 25.9 Å². The van der Waals surface area contributed by atoms with Gasteiger partial charge in [-0.15, -0.1) is 12.4 Å². The van der Waals surface area contributed by atoms with E-state index in [1.807, 2.05) is 31.1 Å². The van der Waals surface area contributed by atoms with Crippen molar-refractivity contribution >= 4 is 66.4 Å². The number of sulfone groups is 1. The third-order valence-electron chi connectivity index (χ3n) is 4.44. The van der Waals surface area contributed by atoms with Gasteiger partial charge >= 0.3 is 0 Å². The quantitative estimate of drug-likeness (QED) is 0.494. The lowest BCUT2D eigenvalue weighted by Gasteiger charge is -2.23. The number of fused-ring (bicyclic) bond motifs is 1. The summed E-state index contributed by atoms with van der Waals surface area (Å²) in [4.78, 5) is 21.6. The van der Waals surface area contributed by atoms with E-state index in [0.29, 0.717) is 28.8 Å². The lowest BCUT2D eigenvalue weighted by atomic mass is 10.2. The van der Waals surface area contributed by atoms with Gasteiger partial charge in [-0.2, -0.15) is 0 Å². The van der Waals surface area contributed by atoms with Crippen molar-refractivity contribution in [1.82, 2.24) is 9.88 Å². The Morgan fingerprint density at radius 1 is 1.10 bits per heavy atom. The molecule has 0 radical (unpaired) electrons. The smallest absolute Gasteiger partial charge is 0.261 e. The standard InChI is InChI=1S/C20H22ClN3O3S2.ClH/c1-4-29(26,27)17-11-6-5-8-14(17)19(25)24(13-12-23(2)3)20-22-18-15(21)9-7-10-16(18)28-20;/h5-11H,4,12-13H2,1-3H3;1H. The Labute approximate surface area is 191 Å². The third kappa shape index (κ3) is 5.12. The number of nitrogens with zero attached hydrogens (tertiary/aromatic N) is 3. The van der Waals surface area contributed by atoms with Gasteiger partial charge in [0.15, 0.2) is 15.0 Å². The predicted octanol–water partition coefficient (Wildman–Crippen LogP) is 4.37. The molecular weight excluding hydrogens is 465 g/mol. The molecule has 0 spiro atoms. The number of aromatic nitrogens is 1. The highest BCUT2D eigenvalue weighted by Gasteiger charge is 2.27. The van der Waals surface area contributed by atoms with Crippen LogP contribution in [0.2, 0.25) is 5.02 Å². The Balaban J connectivity index is 0.00000320. The van der Waals surface area contributed by atoms with Crippen LogP contribution in [0.3, 0.4) is 0 Å². The second kappa shape index (κ2) is 10.1. The number of rotatable bonds is 7. The number of anilines is 1. The number of hydrogen-bond donors (Lipinski definition) is 0. The molecule has 162 valence electrons. The van der Waals surface area contributed by atoms with E-state index in [9.17, 15) is 13.2 Å². The molecule has 3 aromatic rings. The summed E-state index contributed by atoms with van der Waals surface area (Å²) in [7, 11) is 0.272. The molecule has 1 amide bonds. The highest BCUT2D eigenvalue weighted by Crippen LogP contribution is 2.34. The zero-order valence-electron chi connectivity index (χ0n) is 16.8. The molecule has 2 aromatic carbocycles. The normalized spacial score (nSPS) is 11.5. The van der Waals surface area contributed by atoms with Crippen molar-refractivity contribution in [3.05, 3.63) is 53.1 Å². The average Bonchev–Trinajstić information content (AvgIpc) is 3.13. The molecule has 0 N–H and O–H groups in total. The molecule has 0 bridgehead atoms. The van der Waals surface area contributed by atoms with Gasteiger partial charge in [-0.05, 0) is 38.4 Å². The van der Waals surface area contributed by atoms with Gasteiger partial charge in [0.25, 0.3) is 5.91 Å². The SMILES string of the molecule is CCS(=O)(=O)c1ccccc1C(=O)N(CCN(C)C)c1nc2c(Cl)cccc2s1.Cl. The van der Waals surface area contributed by atoms with Crippen LogP contribution in [0.4, 0.5) is 5.13 Å². The average molecular weight is 488 g/mol. The fraction of sp³-hybridized carbons (Fsp3) is 0.300. The second-order valence-electron chi connectivity index (χ2n) is 6.74. The van der Waals surface area contributed by atoms with Gasteiger partial charge < -0.3 is 4.90 Å². The lowest BCUT2D eigenvalue weighted by molar-refractivity contribution is 0.0982. The van der Waals surface area contributed by atoms with Crippen LogP contribution in [-0.4, -0.2) is 57.1 Å². The fourth-order valence-corrected chi connectivity index (χ4v) is 5.20. The van der Waals surface area contributed by atoms with Gasteiger partial charge in [-0.3, -0.25) is 9.69 Å². The summed E-state index contributed by atoms with van der Waals surface area (Å²) in [6, 6.07) is 11.8. The van der Waals surface area contributed by atoms with Gasteiger partial charge in [-0.25, -0.2) is 13.4 Å². The summed E-state index contributed by atoms with van der Waals surface area (Å²) in [6.07, 6.45) is 0. The minimum atomic E-state index is -3.55. The van der Waals surface area contributed by atoms with Gasteiger partial charge in [0, 0.05) is 13.1 Å². The highest BCUT2D eigenvalue weighted by atomic mass is 35.5. The minimum absolute atomic E-state index is 0. The van der Waals surface area contributed by atoms with E-state index in [2.05, 4.69) is 4.98 Å².